The molecule has 0 aromatic heterocycles. The molecule has 5 rings (SSSR count). The smallest absolute Gasteiger partial charge is 0.269 e. The molecule has 0 spiro atoms. The van der Waals surface area contributed by atoms with Crippen molar-refractivity contribution in [1.82, 2.24) is 0 Å². The lowest BCUT2D eigenvalue weighted by Gasteiger charge is -2.60. The molecule has 31 heavy (non-hydrogen) atoms. The zero-order valence-electron chi connectivity index (χ0n) is 18.6. The quantitative estimate of drug-likeness (QED) is 0.494. The summed E-state index contributed by atoms with van der Waals surface area (Å²) in [5, 5.41) is 25.9. The van der Waals surface area contributed by atoms with Crippen molar-refractivity contribution in [3.8, 4) is 5.75 Å². The van der Waals surface area contributed by atoms with Gasteiger partial charge in [-0.05, 0) is 104 Å². The molecule has 1 aromatic rings. The van der Waals surface area contributed by atoms with Gasteiger partial charge in [0, 0.05) is 12.1 Å². The maximum atomic E-state index is 10.8. The lowest BCUT2D eigenvalue weighted by molar-refractivity contribution is -0.384. The van der Waals surface area contributed by atoms with Crippen molar-refractivity contribution in [2.24, 2.45) is 39.7 Å². The number of nitro benzene ring substituents is 1. The van der Waals surface area contributed by atoms with Crippen LogP contribution >= 0.6 is 0 Å². The van der Waals surface area contributed by atoms with Crippen LogP contribution in [0.3, 0.4) is 0 Å². The number of non-ortho nitro benzene ring substituents is 1. The normalized spacial score (nSPS) is 43.1. The number of aliphatic hydroxyl groups excluding tert-OH is 1. The second-order valence-electron chi connectivity index (χ2n) is 11.0. The SMILES string of the molecule is C[C@]12CC/C(=N/Oc3ccc([N+](=O)[O-])cc3)C[C@H]1CC[C@@H]1[C@@H]2CC[C@]2(C)[C@@H](O)CC[C@@H]12. The van der Waals surface area contributed by atoms with Crippen LogP contribution in [-0.4, -0.2) is 21.8 Å². The third-order valence-corrected chi connectivity index (χ3v) is 9.78. The predicted octanol–water partition coefficient (Wildman–Crippen LogP) is 5.73. The molecule has 7 atom stereocenters. The van der Waals surface area contributed by atoms with Crippen LogP contribution < -0.4 is 4.84 Å². The van der Waals surface area contributed by atoms with Gasteiger partial charge in [-0.3, -0.25) is 10.1 Å². The van der Waals surface area contributed by atoms with Gasteiger partial charge in [0.2, 0.25) is 0 Å². The summed E-state index contributed by atoms with van der Waals surface area (Å²) < 4.78 is 0. The largest absolute Gasteiger partial charge is 0.393 e. The summed E-state index contributed by atoms with van der Waals surface area (Å²) in [5.41, 5.74) is 1.69. The van der Waals surface area contributed by atoms with E-state index in [0.29, 0.717) is 23.0 Å². The van der Waals surface area contributed by atoms with E-state index in [9.17, 15) is 15.2 Å². The van der Waals surface area contributed by atoms with E-state index < -0.39 is 4.92 Å². The standard InChI is InChI=1S/C25H34N2O4/c1-24-13-11-17(26-31-19-6-4-18(5-7-19)27(29)30)15-16(24)3-8-20-21-9-10-23(28)25(21,2)14-12-22(20)24/h4-7,16,20-23,28H,3,8-15H2,1-2H3/b26-17-/t16-,20+,21+,22+,23+,24+,25+/m1/s1. The lowest BCUT2D eigenvalue weighted by atomic mass is 9.45. The number of fused-ring (bicyclic) bond motifs is 5. The van der Waals surface area contributed by atoms with E-state index in [1.165, 1.54) is 44.2 Å². The average molecular weight is 427 g/mol. The molecule has 6 nitrogen and oxygen atoms in total. The van der Waals surface area contributed by atoms with Gasteiger partial charge in [-0.1, -0.05) is 19.0 Å². The molecular formula is C25H34N2O4. The number of oxime groups is 1. The van der Waals surface area contributed by atoms with Crippen LogP contribution in [0.4, 0.5) is 5.69 Å². The van der Waals surface area contributed by atoms with E-state index in [1.54, 1.807) is 12.1 Å². The Morgan fingerprint density at radius 2 is 1.77 bits per heavy atom. The van der Waals surface area contributed by atoms with E-state index in [0.717, 1.165) is 43.2 Å². The molecular weight excluding hydrogens is 392 g/mol. The van der Waals surface area contributed by atoms with Gasteiger partial charge >= 0.3 is 0 Å². The molecule has 4 fully saturated rings. The van der Waals surface area contributed by atoms with Gasteiger partial charge in [-0.15, -0.1) is 0 Å². The summed E-state index contributed by atoms with van der Waals surface area (Å²) in [6.45, 7) is 4.87. The highest BCUT2D eigenvalue weighted by Gasteiger charge is 2.59. The molecule has 0 heterocycles. The molecule has 0 unspecified atom stereocenters. The summed E-state index contributed by atoms with van der Waals surface area (Å²) in [6.07, 6.45) is 10.2. The summed E-state index contributed by atoms with van der Waals surface area (Å²) in [6, 6.07) is 6.11. The first kappa shape index (κ1) is 20.9. The van der Waals surface area contributed by atoms with Gasteiger partial charge in [0.25, 0.3) is 5.69 Å². The van der Waals surface area contributed by atoms with E-state index >= 15 is 0 Å². The second-order valence-corrected chi connectivity index (χ2v) is 11.0. The monoisotopic (exact) mass is 426 g/mol. The van der Waals surface area contributed by atoms with E-state index in [2.05, 4.69) is 19.0 Å². The lowest BCUT2D eigenvalue weighted by Crippen LogP contribution is -2.54. The number of nitrogens with zero attached hydrogens (tertiary/aromatic N) is 2. The van der Waals surface area contributed by atoms with E-state index in [4.69, 9.17) is 4.84 Å². The van der Waals surface area contributed by atoms with Crippen LogP contribution in [-0.2, 0) is 0 Å². The molecule has 0 saturated heterocycles. The second kappa shape index (κ2) is 7.58. The topological polar surface area (TPSA) is 85.0 Å². The van der Waals surface area contributed by atoms with Crippen molar-refractivity contribution >= 4 is 11.4 Å². The van der Waals surface area contributed by atoms with Crippen LogP contribution in [0.5, 0.6) is 5.75 Å². The van der Waals surface area contributed by atoms with Crippen molar-refractivity contribution in [1.29, 1.82) is 0 Å². The first-order valence-corrected chi connectivity index (χ1v) is 12.0. The Labute approximate surface area is 184 Å². The Kier molecular flexibility index (Phi) is 5.11. The van der Waals surface area contributed by atoms with Crippen molar-refractivity contribution in [3.63, 3.8) is 0 Å². The molecule has 0 amide bonds. The molecule has 0 radical (unpaired) electrons. The fourth-order valence-electron chi connectivity index (χ4n) is 7.86. The fraction of sp³-hybridized carbons (Fsp3) is 0.720. The number of nitro groups is 1. The summed E-state index contributed by atoms with van der Waals surface area (Å²) in [5.74, 6) is 3.43. The Bertz CT molecular complexity index is 884. The molecule has 4 aliphatic rings. The van der Waals surface area contributed by atoms with E-state index in [-0.39, 0.29) is 17.2 Å². The highest BCUT2D eigenvalue weighted by Crippen LogP contribution is 2.66. The number of hydrogen-bond acceptors (Lipinski definition) is 5. The first-order chi connectivity index (χ1) is 14.8. The molecule has 1 aromatic carbocycles. The maximum absolute atomic E-state index is 10.8. The zero-order chi connectivity index (χ0) is 21.8. The minimum atomic E-state index is -0.409. The fourth-order valence-corrected chi connectivity index (χ4v) is 7.86. The summed E-state index contributed by atoms with van der Waals surface area (Å²) in [7, 11) is 0. The molecule has 0 bridgehead atoms. The molecule has 4 aliphatic carbocycles. The van der Waals surface area contributed by atoms with Crippen LogP contribution in [0.2, 0.25) is 0 Å². The Morgan fingerprint density at radius 1 is 1.03 bits per heavy atom. The molecule has 4 saturated carbocycles. The summed E-state index contributed by atoms with van der Waals surface area (Å²) in [4.78, 5) is 16.0. The van der Waals surface area contributed by atoms with Gasteiger partial charge in [-0.25, -0.2) is 0 Å². The van der Waals surface area contributed by atoms with Gasteiger partial charge in [0.05, 0.1) is 16.7 Å². The molecule has 1 N–H and O–H groups in total. The van der Waals surface area contributed by atoms with Crippen molar-refractivity contribution in [2.45, 2.75) is 77.7 Å². The predicted molar refractivity (Wildman–Crippen MR) is 119 cm³/mol. The molecule has 0 aliphatic heterocycles. The molecule has 168 valence electrons. The van der Waals surface area contributed by atoms with Gasteiger partial charge in [0.1, 0.15) is 0 Å². The third-order valence-electron chi connectivity index (χ3n) is 9.78. The number of rotatable bonds is 3. The van der Waals surface area contributed by atoms with Gasteiger partial charge in [-0.2, -0.15) is 0 Å². The number of hydrogen-bond donors (Lipinski definition) is 1. The summed E-state index contributed by atoms with van der Waals surface area (Å²) >= 11 is 0. The average Bonchev–Trinajstić information content (AvgIpc) is 3.07. The van der Waals surface area contributed by atoms with Crippen LogP contribution in [0.1, 0.15) is 71.6 Å². The van der Waals surface area contributed by atoms with Crippen molar-refractivity contribution in [3.05, 3.63) is 34.4 Å². The van der Waals surface area contributed by atoms with Crippen molar-refractivity contribution in [2.75, 3.05) is 0 Å². The van der Waals surface area contributed by atoms with Crippen LogP contribution in [0, 0.1) is 44.6 Å². The molecule has 6 heteroatoms. The van der Waals surface area contributed by atoms with Crippen LogP contribution in [0.25, 0.3) is 0 Å². The van der Waals surface area contributed by atoms with Gasteiger partial charge < -0.3 is 9.94 Å². The zero-order valence-corrected chi connectivity index (χ0v) is 18.6. The Balaban J connectivity index is 1.27. The highest BCUT2D eigenvalue weighted by atomic mass is 16.6. The minimum absolute atomic E-state index is 0.0588. The van der Waals surface area contributed by atoms with Crippen LogP contribution in [0.15, 0.2) is 29.4 Å². The number of aliphatic hydroxyl groups is 1. The Hall–Kier alpha value is -1.95. The van der Waals surface area contributed by atoms with Crippen molar-refractivity contribution < 1.29 is 14.9 Å². The van der Waals surface area contributed by atoms with Gasteiger partial charge in [0.15, 0.2) is 5.75 Å². The van der Waals surface area contributed by atoms with E-state index in [1.807, 2.05) is 0 Å². The first-order valence-electron chi connectivity index (χ1n) is 12.0. The Morgan fingerprint density at radius 3 is 2.52 bits per heavy atom. The minimum Gasteiger partial charge on any atom is -0.393 e. The highest BCUT2D eigenvalue weighted by molar-refractivity contribution is 5.85. The third kappa shape index (κ3) is 3.38. The maximum Gasteiger partial charge on any atom is 0.269 e. The number of benzene rings is 1.